The number of amides is 1. The Morgan fingerprint density at radius 3 is 2.42 bits per heavy atom. The highest BCUT2D eigenvalue weighted by atomic mass is 79.9. The Hall–Kier alpha value is -1.61. The highest BCUT2D eigenvalue weighted by Crippen LogP contribution is 2.36. The van der Waals surface area contributed by atoms with Gasteiger partial charge >= 0.3 is 0 Å². The van der Waals surface area contributed by atoms with Crippen molar-refractivity contribution in [2.24, 2.45) is 5.41 Å². The Bertz CT molecular complexity index is 708. The summed E-state index contributed by atoms with van der Waals surface area (Å²) in [6.45, 7) is 9.06. The highest BCUT2D eigenvalue weighted by molar-refractivity contribution is 9.10. The van der Waals surface area contributed by atoms with Crippen LogP contribution >= 0.6 is 15.9 Å². The summed E-state index contributed by atoms with van der Waals surface area (Å²) in [6.07, 6.45) is 2.23. The lowest BCUT2D eigenvalue weighted by atomic mass is 9.78. The van der Waals surface area contributed by atoms with Crippen molar-refractivity contribution < 1.29 is 4.79 Å². The summed E-state index contributed by atoms with van der Waals surface area (Å²) in [5.74, 6) is 0.299. The summed E-state index contributed by atoms with van der Waals surface area (Å²) >= 11 is 3.45. The van der Waals surface area contributed by atoms with E-state index in [0.717, 1.165) is 23.0 Å². The second-order valence-electron chi connectivity index (χ2n) is 7.14. The summed E-state index contributed by atoms with van der Waals surface area (Å²) in [4.78, 5) is 12.6. The minimum absolute atomic E-state index is 0.0862. The Labute approximate surface area is 153 Å². The third-order valence-electron chi connectivity index (χ3n) is 4.67. The van der Waals surface area contributed by atoms with E-state index in [-0.39, 0.29) is 5.91 Å². The van der Waals surface area contributed by atoms with Crippen LogP contribution in [0.25, 0.3) is 0 Å². The van der Waals surface area contributed by atoms with Crippen molar-refractivity contribution in [1.29, 1.82) is 0 Å². The van der Waals surface area contributed by atoms with Crippen LogP contribution in [0, 0.1) is 5.41 Å². The molecule has 24 heavy (non-hydrogen) atoms. The molecule has 0 aliphatic heterocycles. The number of rotatable bonds is 6. The average molecular weight is 388 g/mol. The first-order chi connectivity index (χ1) is 11.3. The number of hydrogen-bond donors (Lipinski definition) is 1. The third kappa shape index (κ3) is 4.70. The molecule has 0 aliphatic rings. The normalized spacial score (nSPS) is 12.7. The smallest absolute Gasteiger partial charge is 0.256 e. The molecular weight excluding hydrogens is 362 g/mol. The number of halogens is 1. The first-order valence-electron chi connectivity index (χ1n) is 8.49. The van der Waals surface area contributed by atoms with E-state index in [2.05, 4.69) is 55.0 Å². The van der Waals surface area contributed by atoms with Gasteiger partial charge in [0.2, 0.25) is 0 Å². The molecule has 0 saturated carbocycles. The van der Waals surface area contributed by atoms with Crippen LogP contribution in [0.2, 0.25) is 0 Å². The van der Waals surface area contributed by atoms with Crippen molar-refractivity contribution in [2.75, 3.05) is 5.32 Å². The van der Waals surface area contributed by atoms with Crippen molar-refractivity contribution in [3.63, 3.8) is 0 Å². The molecule has 1 N–H and O–H groups in total. The van der Waals surface area contributed by atoms with Gasteiger partial charge in [0.05, 0.1) is 5.56 Å². The molecular formula is C21H26BrNO. The SMILES string of the molecule is CCC(C)(C)CC(C)c1ccccc1NC(=O)c1ccccc1Br. The molecule has 128 valence electrons. The molecule has 0 aromatic heterocycles. The molecule has 1 unspecified atom stereocenters. The molecule has 0 spiro atoms. The minimum Gasteiger partial charge on any atom is -0.322 e. The van der Waals surface area contributed by atoms with Crippen LogP contribution in [0.3, 0.4) is 0 Å². The zero-order chi connectivity index (χ0) is 17.7. The van der Waals surface area contributed by atoms with Gasteiger partial charge in [-0.1, -0.05) is 64.4 Å². The second kappa shape index (κ2) is 7.98. The largest absolute Gasteiger partial charge is 0.322 e. The predicted octanol–water partition coefficient (Wildman–Crippen LogP) is 6.63. The molecule has 2 rings (SSSR count). The van der Waals surface area contributed by atoms with Crippen molar-refractivity contribution in [3.05, 3.63) is 64.1 Å². The molecule has 0 bridgehead atoms. The number of anilines is 1. The Kier molecular flexibility index (Phi) is 6.22. The monoisotopic (exact) mass is 387 g/mol. The maximum Gasteiger partial charge on any atom is 0.256 e. The van der Waals surface area contributed by atoms with Gasteiger partial charge in [-0.05, 0) is 57.4 Å². The van der Waals surface area contributed by atoms with E-state index in [1.807, 2.05) is 42.5 Å². The number of para-hydroxylation sites is 1. The number of benzene rings is 2. The lowest BCUT2D eigenvalue weighted by molar-refractivity contribution is 0.102. The van der Waals surface area contributed by atoms with Crippen LogP contribution in [0.15, 0.2) is 53.0 Å². The first-order valence-corrected chi connectivity index (χ1v) is 9.28. The molecule has 0 aliphatic carbocycles. The van der Waals surface area contributed by atoms with Gasteiger partial charge in [0.25, 0.3) is 5.91 Å². The fourth-order valence-electron chi connectivity index (χ4n) is 2.96. The molecule has 0 saturated heterocycles. The molecule has 1 atom stereocenters. The van der Waals surface area contributed by atoms with Gasteiger partial charge in [-0.15, -0.1) is 0 Å². The van der Waals surface area contributed by atoms with Crippen molar-refractivity contribution >= 4 is 27.5 Å². The van der Waals surface area contributed by atoms with Crippen LogP contribution < -0.4 is 5.32 Å². The first kappa shape index (κ1) is 18.7. The highest BCUT2D eigenvalue weighted by Gasteiger charge is 2.22. The maximum atomic E-state index is 12.6. The van der Waals surface area contributed by atoms with E-state index in [1.165, 1.54) is 5.56 Å². The molecule has 0 radical (unpaired) electrons. The van der Waals surface area contributed by atoms with Crippen LogP contribution in [0.4, 0.5) is 5.69 Å². The summed E-state index contributed by atoms with van der Waals surface area (Å²) in [5, 5.41) is 3.08. The van der Waals surface area contributed by atoms with Gasteiger partial charge in [-0.2, -0.15) is 0 Å². The van der Waals surface area contributed by atoms with Gasteiger partial charge < -0.3 is 5.32 Å². The van der Waals surface area contributed by atoms with Gasteiger partial charge in [-0.3, -0.25) is 4.79 Å². The summed E-state index contributed by atoms with van der Waals surface area (Å²) in [6, 6.07) is 15.6. The van der Waals surface area contributed by atoms with Crippen molar-refractivity contribution in [1.82, 2.24) is 0 Å². The Morgan fingerprint density at radius 1 is 1.12 bits per heavy atom. The number of carbonyl (C=O) groups excluding carboxylic acids is 1. The predicted molar refractivity (Wildman–Crippen MR) is 106 cm³/mol. The van der Waals surface area contributed by atoms with E-state index in [0.29, 0.717) is 16.9 Å². The van der Waals surface area contributed by atoms with Gasteiger partial charge in [0.1, 0.15) is 0 Å². The number of nitrogens with one attached hydrogen (secondary N) is 1. The molecule has 2 nitrogen and oxygen atoms in total. The Morgan fingerprint density at radius 2 is 1.75 bits per heavy atom. The van der Waals surface area contributed by atoms with Crippen LogP contribution in [-0.2, 0) is 0 Å². The summed E-state index contributed by atoms with van der Waals surface area (Å²) < 4.78 is 0.806. The molecule has 0 fully saturated rings. The Balaban J connectivity index is 2.23. The van der Waals surface area contributed by atoms with Gasteiger partial charge in [0.15, 0.2) is 0 Å². The number of hydrogen-bond acceptors (Lipinski definition) is 1. The third-order valence-corrected chi connectivity index (χ3v) is 5.37. The lowest BCUT2D eigenvalue weighted by Gasteiger charge is -2.28. The van der Waals surface area contributed by atoms with E-state index in [4.69, 9.17) is 0 Å². The average Bonchev–Trinajstić information content (AvgIpc) is 2.55. The summed E-state index contributed by atoms with van der Waals surface area (Å²) in [5.41, 5.74) is 3.03. The minimum atomic E-state index is -0.0862. The fourth-order valence-corrected chi connectivity index (χ4v) is 3.42. The fraction of sp³-hybridized carbons (Fsp3) is 0.381. The topological polar surface area (TPSA) is 29.1 Å². The van der Waals surface area contributed by atoms with Crippen molar-refractivity contribution in [2.45, 2.75) is 46.5 Å². The molecule has 2 aromatic rings. The van der Waals surface area contributed by atoms with E-state index in [9.17, 15) is 4.79 Å². The van der Waals surface area contributed by atoms with Gasteiger partial charge in [0, 0.05) is 10.2 Å². The molecule has 3 heteroatoms. The van der Waals surface area contributed by atoms with E-state index >= 15 is 0 Å². The molecule has 1 amide bonds. The van der Waals surface area contributed by atoms with Crippen molar-refractivity contribution in [3.8, 4) is 0 Å². The van der Waals surface area contributed by atoms with Crippen LogP contribution in [0.5, 0.6) is 0 Å². The molecule has 2 aromatic carbocycles. The maximum absolute atomic E-state index is 12.6. The van der Waals surface area contributed by atoms with E-state index < -0.39 is 0 Å². The second-order valence-corrected chi connectivity index (χ2v) is 8.00. The number of carbonyl (C=O) groups is 1. The zero-order valence-corrected chi connectivity index (χ0v) is 16.5. The standard InChI is InChI=1S/C21H26BrNO/c1-5-21(3,4)14-15(2)16-10-7-9-13-19(16)23-20(24)17-11-6-8-12-18(17)22/h6-13,15H,5,14H2,1-4H3,(H,23,24). The molecule has 0 heterocycles. The lowest BCUT2D eigenvalue weighted by Crippen LogP contribution is -2.17. The van der Waals surface area contributed by atoms with Gasteiger partial charge in [-0.25, -0.2) is 0 Å². The summed E-state index contributed by atoms with van der Waals surface area (Å²) in [7, 11) is 0. The quantitative estimate of drug-likeness (QED) is 0.591. The van der Waals surface area contributed by atoms with Crippen LogP contribution in [0.1, 0.15) is 62.4 Å². The zero-order valence-electron chi connectivity index (χ0n) is 14.9. The van der Waals surface area contributed by atoms with Crippen LogP contribution in [-0.4, -0.2) is 5.91 Å². The van der Waals surface area contributed by atoms with E-state index in [1.54, 1.807) is 0 Å².